The molecule has 1 fully saturated rings. The lowest BCUT2D eigenvalue weighted by Crippen LogP contribution is -2.41. The largest absolute Gasteiger partial charge is 0.354 e. The van der Waals surface area contributed by atoms with Gasteiger partial charge in [0.1, 0.15) is 0 Å². The lowest BCUT2D eigenvalue weighted by Gasteiger charge is -2.17. The third-order valence-electron chi connectivity index (χ3n) is 2.44. The number of nitrogens with one attached hydrogen (secondary N) is 2. The Morgan fingerprint density at radius 3 is 2.73 bits per heavy atom. The number of carbonyl (C=O) groups excluding carboxylic acids is 1. The van der Waals surface area contributed by atoms with E-state index in [0.29, 0.717) is 13.0 Å². The number of carbonyl (C=O) groups is 1. The summed E-state index contributed by atoms with van der Waals surface area (Å²) in [5, 5.41) is 5.84. The van der Waals surface area contributed by atoms with Crippen LogP contribution in [0.2, 0.25) is 0 Å². The number of hydrogen-bond donors (Lipinski definition) is 2. The van der Waals surface area contributed by atoms with Crippen LogP contribution < -0.4 is 10.6 Å². The maximum Gasteiger partial charge on any atom is 0.221 e. The van der Waals surface area contributed by atoms with Crippen molar-refractivity contribution in [2.75, 3.05) is 18.1 Å². The van der Waals surface area contributed by atoms with Crippen LogP contribution in [0.1, 0.15) is 20.3 Å². The van der Waals surface area contributed by atoms with Gasteiger partial charge in [-0.2, -0.15) is 0 Å². The van der Waals surface area contributed by atoms with Crippen molar-refractivity contribution in [3.8, 4) is 0 Å². The first-order chi connectivity index (χ1) is 6.93. The summed E-state index contributed by atoms with van der Waals surface area (Å²) in [5.41, 5.74) is 0. The Morgan fingerprint density at radius 2 is 2.27 bits per heavy atom. The predicted molar refractivity (Wildman–Crippen MR) is 58.3 cm³/mol. The number of rotatable bonds is 5. The van der Waals surface area contributed by atoms with E-state index >= 15 is 0 Å². The fourth-order valence-corrected chi connectivity index (χ4v) is 2.77. The van der Waals surface area contributed by atoms with Crippen LogP contribution in [0.4, 0.5) is 0 Å². The van der Waals surface area contributed by atoms with E-state index in [-0.39, 0.29) is 29.5 Å². The summed E-state index contributed by atoms with van der Waals surface area (Å²) in [6.07, 6.45) is 0.441. The highest BCUT2D eigenvalue weighted by molar-refractivity contribution is 7.91. The molecule has 0 radical (unpaired) electrons. The molecule has 0 aliphatic carbocycles. The number of amides is 1. The van der Waals surface area contributed by atoms with Crippen LogP contribution in [0, 0.1) is 0 Å². The van der Waals surface area contributed by atoms with Gasteiger partial charge in [0.05, 0.1) is 5.75 Å². The van der Waals surface area contributed by atoms with E-state index in [2.05, 4.69) is 10.6 Å². The van der Waals surface area contributed by atoms with E-state index in [0.717, 1.165) is 0 Å². The molecule has 15 heavy (non-hydrogen) atoms. The molecule has 1 rings (SSSR count). The molecule has 2 unspecified atom stereocenters. The molecule has 0 spiro atoms. The molecule has 2 atom stereocenters. The second kappa shape index (κ2) is 4.94. The highest BCUT2D eigenvalue weighted by Crippen LogP contribution is 2.02. The minimum absolute atomic E-state index is 0.0260. The standard InChI is InChI=1S/C9H18N2O3S/c1-3-15(13,14)6-7(2)11-8-4-9(12)10-5-8/h7-8,11H,3-6H2,1-2H3,(H,10,12). The molecular formula is C9H18N2O3S. The highest BCUT2D eigenvalue weighted by atomic mass is 32.2. The molecule has 0 bridgehead atoms. The summed E-state index contributed by atoms with van der Waals surface area (Å²) in [6, 6.07) is -0.0350. The van der Waals surface area contributed by atoms with Crippen molar-refractivity contribution in [2.24, 2.45) is 0 Å². The van der Waals surface area contributed by atoms with Crippen molar-refractivity contribution < 1.29 is 13.2 Å². The lowest BCUT2D eigenvalue weighted by molar-refractivity contribution is -0.119. The first-order valence-electron chi connectivity index (χ1n) is 5.16. The van der Waals surface area contributed by atoms with Crippen molar-refractivity contribution in [3.63, 3.8) is 0 Å². The summed E-state index contributed by atoms with van der Waals surface area (Å²) in [6.45, 7) is 4.06. The smallest absolute Gasteiger partial charge is 0.221 e. The molecule has 0 aromatic rings. The van der Waals surface area contributed by atoms with Crippen molar-refractivity contribution in [1.82, 2.24) is 10.6 Å². The van der Waals surface area contributed by atoms with Crippen LogP contribution in [0.15, 0.2) is 0 Å². The van der Waals surface area contributed by atoms with Gasteiger partial charge >= 0.3 is 0 Å². The molecule has 0 aromatic carbocycles. The molecular weight excluding hydrogens is 216 g/mol. The third kappa shape index (κ3) is 4.17. The summed E-state index contributed by atoms with van der Waals surface area (Å²) in [4.78, 5) is 10.9. The van der Waals surface area contributed by atoms with E-state index < -0.39 is 9.84 Å². The topological polar surface area (TPSA) is 75.3 Å². The van der Waals surface area contributed by atoms with Crippen molar-refractivity contribution in [1.29, 1.82) is 0 Å². The normalized spacial score (nSPS) is 23.9. The minimum atomic E-state index is -2.94. The molecule has 6 heteroatoms. The summed E-state index contributed by atoms with van der Waals surface area (Å²) < 4.78 is 22.7. The molecule has 1 aliphatic heterocycles. The third-order valence-corrected chi connectivity index (χ3v) is 4.33. The quantitative estimate of drug-likeness (QED) is 0.659. The summed E-state index contributed by atoms with van der Waals surface area (Å²) >= 11 is 0. The second-order valence-corrected chi connectivity index (χ2v) is 6.37. The summed E-state index contributed by atoms with van der Waals surface area (Å²) in [5.74, 6) is 0.327. The van der Waals surface area contributed by atoms with Gasteiger partial charge < -0.3 is 10.6 Å². The Bertz CT molecular complexity index is 326. The maximum atomic E-state index is 11.3. The van der Waals surface area contributed by atoms with Gasteiger partial charge in [0.15, 0.2) is 9.84 Å². The van der Waals surface area contributed by atoms with Gasteiger partial charge in [-0.3, -0.25) is 4.79 Å². The van der Waals surface area contributed by atoms with Gasteiger partial charge in [-0.25, -0.2) is 8.42 Å². The second-order valence-electron chi connectivity index (χ2n) is 3.97. The van der Waals surface area contributed by atoms with Crippen LogP contribution in [-0.4, -0.2) is 44.5 Å². The zero-order valence-electron chi connectivity index (χ0n) is 9.12. The summed E-state index contributed by atoms with van der Waals surface area (Å²) in [7, 11) is -2.94. The Kier molecular flexibility index (Phi) is 4.10. The molecule has 1 heterocycles. The number of hydrogen-bond acceptors (Lipinski definition) is 4. The van der Waals surface area contributed by atoms with Gasteiger partial charge in [-0.05, 0) is 6.92 Å². The van der Waals surface area contributed by atoms with Crippen LogP contribution >= 0.6 is 0 Å². The Morgan fingerprint density at radius 1 is 1.60 bits per heavy atom. The van der Waals surface area contributed by atoms with E-state index in [1.165, 1.54) is 0 Å². The first-order valence-corrected chi connectivity index (χ1v) is 6.98. The molecule has 1 saturated heterocycles. The minimum Gasteiger partial charge on any atom is -0.354 e. The Balaban J connectivity index is 2.36. The SMILES string of the molecule is CCS(=O)(=O)CC(C)NC1CNC(=O)C1. The number of sulfone groups is 1. The fourth-order valence-electron chi connectivity index (χ4n) is 1.67. The van der Waals surface area contributed by atoms with Gasteiger partial charge in [0.25, 0.3) is 0 Å². The Hall–Kier alpha value is -0.620. The average molecular weight is 234 g/mol. The van der Waals surface area contributed by atoms with Crippen LogP contribution in [0.5, 0.6) is 0 Å². The van der Waals surface area contributed by atoms with Crippen LogP contribution in [-0.2, 0) is 14.6 Å². The van der Waals surface area contributed by atoms with Gasteiger partial charge in [0, 0.05) is 30.8 Å². The van der Waals surface area contributed by atoms with Gasteiger partial charge in [-0.15, -0.1) is 0 Å². The molecule has 2 N–H and O–H groups in total. The van der Waals surface area contributed by atoms with E-state index in [9.17, 15) is 13.2 Å². The lowest BCUT2D eigenvalue weighted by atomic mass is 10.2. The molecule has 1 aliphatic rings. The molecule has 0 aromatic heterocycles. The molecule has 5 nitrogen and oxygen atoms in total. The van der Waals surface area contributed by atoms with E-state index in [4.69, 9.17) is 0 Å². The van der Waals surface area contributed by atoms with Crippen LogP contribution in [0.25, 0.3) is 0 Å². The van der Waals surface area contributed by atoms with E-state index in [1.54, 1.807) is 6.92 Å². The van der Waals surface area contributed by atoms with Crippen molar-refractivity contribution in [3.05, 3.63) is 0 Å². The molecule has 1 amide bonds. The van der Waals surface area contributed by atoms with Gasteiger partial charge in [0.2, 0.25) is 5.91 Å². The van der Waals surface area contributed by atoms with E-state index in [1.807, 2.05) is 6.92 Å². The van der Waals surface area contributed by atoms with Crippen LogP contribution in [0.3, 0.4) is 0 Å². The predicted octanol–water partition coefficient (Wildman–Crippen LogP) is -0.712. The maximum absolute atomic E-state index is 11.3. The van der Waals surface area contributed by atoms with Gasteiger partial charge in [-0.1, -0.05) is 6.92 Å². The average Bonchev–Trinajstić information content (AvgIpc) is 2.50. The Labute approximate surface area is 90.5 Å². The first kappa shape index (κ1) is 12.4. The molecule has 0 saturated carbocycles. The zero-order chi connectivity index (χ0) is 11.5. The highest BCUT2D eigenvalue weighted by Gasteiger charge is 2.24. The van der Waals surface area contributed by atoms with Crippen molar-refractivity contribution >= 4 is 15.7 Å². The molecule has 88 valence electrons. The van der Waals surface area contributed by atoms with Crippen molar-refractivity contribution in [2.45, 2.75) is 32.4 Å². The fraction of sp³-hybridized carbons (Fsp3) is 0.889. The zero-order valence-corrected chi connectivity index (χ0v) is 9.93. The monoisotopic (exact) mass is 234 g/mol.